The van der Waals surface area contributed by atoms with Crippen LogP contribution in [0, 0.1) is 24.4 Å². The van der Waals surface area contributed by atoms with Gasteiger partial charge in [-0.05, 0) is 71.8 Å². The highest BCUT2D eigenvalue weighted by molar-refractivity contribution is 7.82. The molecule has 5 aromatic rings. The van der Waals surface area contributed by atoms with Crippen LogP contribution in [0.4, 0.5) is 13.2 Å². The fourth-order valence-corrected chi connectivity index (χ4v) is 6.80. The third-order valence-corrected chi connectivity index (χ3v) is 9.49. The van der Waals surface area contributed by atoms with Gasteiger partial charge in [-0.15, -0.1) is 0 Å². The van der Waals surface area contributed by atoms with Crippen LogP contribution in [-0.4, -0.2) is 42.0 Å². The number of carbonyl (C=O) groups is 1. The monoisotopic (exact) mass is 636 g/mol. The molecule has 2 unspecified atom stereocenters. The first kappa shape index (κ1) is 33.9. The molecule has 2 N–H and O–H groups in total. The normalized spacial score (nSPS) is 15.4. The van der Waals surface area contributed by atoms with Crippen LogP contribution in [0.2, 0.25) is 0 Å². The Morgan fingerprint density at radius 1 is 1.09 bits per heavy atom. The summed E-state index contributed by atoms with van der Waals surface area (Å²) in [5.41, 5.74) is 5.14. The maximum Gasteiger partial charge on any atom is 0.130 e. The summed E-state index contributed by atoms with van der Waals surface area (Å²) in [6, 6.07) is 14.9. The molecule has 3 aromatic carbocycles. The molecule has 2 aromatic heterocycles. The lowest BCUT2D eigenvalue weighted by atomic mass is 9.94. The van der Waals surface area contributed by atoms with E-state index >= 15 is 0 Å². The Morgan fingerprint density at radius 3 is 2.53 bits per heavy atom. The third kappa shape index (κ3) is 7.99. The summed E-state index contributed by atoms with van der Waals surface area (Å²) in [5.74, 6) is 0.580. The van der Waals surface area contributed by atoms with Crippen LogP contribution in [0.25, 0.3) is 10.9 Å². The van der Waals surface area contributed by atoms with Gasteiger partial charge in [-0.3, -0.25) is 0 Å². The predicted octanol–water partition coefficient (Wildman–Crippen LogP) is 7.68. The Morgan fingerprint density at radius 2 is 1.87 bits per heavy atom. The number of aromatic nitrogens is 3. The van der Waals surface area contributed by atoms with E-state index in [0.29, 0.717) is 48.3 Å². The number of aromatic amines is 2. The molecule has 6 nitrogen and oxygen atoms in total. The van der Waals surface area contributed by atoms with Crippen molar-refractivity contribution in [3.8, 4) is 0 Å². The van der Waals surface area contributed by atoms with Gasteiger partial charge < -0.3 is 14.8 Å². The van der Waals surface area contributed by atoms with Crippen molar-refractivity contribution in [2.24, 2.45) is 0 Å². The number of carbonyl (C=O) groups excluding carboxylic acids is 1. The Hall–Kier alpha value is -4.02. The second-order valence-corrected chi connectivity index (χ2v) is 12.5. The summed E-state index contributed by atoms with van der Waals surface area (Å²) in [6.07, 6.45) is 6.39. The summed E-state index contributed by atoms with van der Waals surface area (Å²) >= 11 is 0. The first-order valence-electron chi connectivity index (χ1n) is 14.6. The van der Waals surface area contributed by atoms with Crippen LogP contribution in [0.1, 0.15) is 72.4 Å². The van der Waals surface area contributed by atoms with Gasteiger partial charge in [-0.2, -0.15) is 0 Å². The first-order valence-corrected chi connectivity index (χ1v) is 15.9. The van der Waals surface area contributed by atoms with E-state index in [4.69, 9.17) is 0 Å². The molecule has 0 spiro atoms. The molecule has 1 aliphatic rings. The number of fused-ring (bicyclic) bond motifs is 1. The van der Waals surface area contributed by atoms with Crippen LogP contribution >= 0.6 is 0 Å². The van der Waals surface area contributed by atoms with Crippen molar-refractivity contribution in [1.82, 2.24) is 19.3 Å². The van der Waals surface area contributed by atoms with E-state index in [2.05, 4.69) is 15.0 Å². The van der Waals surface area contributed by atoms with Crippen molar-refractivity contribution in [2.75, 3.05) is 12.3 Å². The number of nitrogens with zero attached hydrogens (tertiary/aromatic N) is 2. The van der Waals surface area contributed by atoms with E-state index in [1.165, 1.54) is 18.2 Å². The Kier molecular flexibility index (Phi) is 11.5. The van der Waals surface area contributed by atoms with Crippen molar-refractivity contribution in [3.05, 3.63) is 124 Å². The maximum atomic E-state index is 14.8. The zero-order valence-corrected chi connectivity index (χ0v) is 25.5. The first-order chi connectivity index (χ1) is 21.2. The molecule has 6 rings (SSSR count). The molecule has 0 saturated carbocycles. The molecule has 1 fully saturated rings. The lowest BCUT2D eigenvalue weighted by molar-refractivity contribution is -0.107. The minimum absolute atomic E-state index is 0. The molecular weight excluding hydrogens is 597 g/mol. The molecule has 238 valence electrons. The molecule has 0 aliphatic carbocycles. The number of halogens is 3. The van der Waals surface area contributed by atoms with Gasteiger partial charge >= 0.3 is 0 Å². The van der Waals surface area contributed by atoms with Crippen molar-refractivity contribution in [3.63, 3.8) is 0 Å². The van der Waals surface area contributed by atoms with Crippen molar-refractivity contribution >= 4 is 28.2 Å². The van der Waals surface area contributed by atoms with Crippen molar-refractivity contribution in [2.45, 2.75) is 59.4 Å². The van der Waals surface area contributed by atoms with E-state index in [1.54, 1.807) is 36.7 Å². The molecule has 3 heterocycles. The van der Waals surface area contributed by atoms with Crippen LogP contribution in [-0.2, 0) is 35.2 Å². The number of rotatable bonds is 9. The smallest absolute Gasteiger partial charge is 0.130 e. The molecule has 0 bridgehead atoms. The average Bonchev–Trinajstić information content (AvgIpc) is 3.77. The Bertz CT molecular complexity index is 1770. The van der Waals surface area contributed by atoms with Crippen LogP contribution in [0.5, 0.6) is 0 Å². The topological polar surface area (TPSA) is 81.8 Å². The molecule has 1 saturated heterocycles. The maximum absolute atomic E-state index is 14.8. The highest BCUT2D eigenvalue weighted by Gasteiger charge is 2.24. The minimum Gasteiger partial charge on any atom is -0.361 e. The lowest BCUT2D eigenvalue weighted by Crippen LogP contribution is -2.21. The minimum atomic E-state index is -1.01. The summed E-state index contributed by atoms with van der Waals surface area (Å²) in [5, 5.41) is 0.947. The van der Waals surface area contributed by atoms with Gasteiger partial charge in [0.25, 0.3) is 0 Å². The number of aldehydes is 1. The number of H-pyrrole nitrogens is 2. The fraction of sp³-hybridized carbons (Fsp3) is 0.314. The zero-order valence-electron chi connectivity index (χ0n) is 24.7. The Labute approximate surface area is 264 Å². The van der Waals surface area contributed by atoms with E-state index in [1.807, 2.05) is 30.3 Å². The highest BCUT2D eigenvalue weighted by atomic mass is 32.2. The van der Waals surface area contributed by atoms with Crippen LogP contribution in [0.3, 0.4) is 0 Å². The zero-order chi connectivity index (χ0) is 31.2. The number of nitrogens with one attached hydrogen (secondary N) is 2. The number of hydrogen-bond donors (Lipinski definition) is 2. The van der Waals surface area contributed by atoms with Gasteiger partial charge in [-0.25, -0.2) is 26.7 Å². The van der Waals surface area contributed by atoms with E-state index in [9.17, 15) is 22.2 Å². The second kappa shape index (κ2) is 15.3. The second-order valence-electron chi connectivity index (χ2n) is 11.0. The summed E-state index contributed by atoms with van der Waals surface area (Å²) in [4.78, 5) is 20.7. The standard InChI is InChI=1S/C19H18F2N2OS.C15H17FN2O.CH4/c20-14-4-2-13(3-5-14)10-16-17(12-23-8-1-9-25(23)24)15-6-7-22-19(15)11-18(16)21;1-10(14-9-17-11(2)18-14)13-7-3-5-12(15(13)16)6-4-8-19;/h2-7,11,22H,1,8-10,12H2;3,5,7-10H,4,6H2,1-2H3,(H,17,18);1H4. The molecule has 45 heavy (non-hydrogen) atoms. The van der Waals surface area contributed by atoms with Gasteiger partial charge in [0.05, 0.1) is 11.0 Å². The summed E-state index contributed by atoms with van der Waals surface area (Å²) in [6.45, 7) is 5.02. The number of imidazole rings is 1. The fourth-order valence-electron chi connectivity index (χ4n) is 5.56. The largest absolute Gasteiger partial charge is 0.361 e. The van der Waals surface area contributed by atoms with Gasteiger partial charge in [0.2, 0.25) is 0 Å². The average molecular weight is 637 g/mol. The number of hydrogen-bond acceptors (Lipinski definition) is 3. The van der Waals surface area contributed by atoms with E-state index < -0.39 is 11.0 Å². The Balaban J connectivity index is 0.000000208. The van der Waals surface area contributed by atoms with E-state index in [-0.39, 0.29) is 30.8 Å². The number of aryl methyl sites for hydroxylation is 2. The van der Waals surface area contributed by atoms with Crippen molar-refractivity contribution in [1.29, 1.82) is 0 Å². The third-order valence-electron chi connectivity index (χ3n) is 7.97. The quantitative estimate of drug-likeness (QED) is 0.163. The van der Waals surface area contributed by atoms with Gasteiger partial charge in [0.1, 0.15) is 29.6 Å². The highest BCUT2D eigenvalue weighted by Crippen LogP contribution is 2.30. The SMILES string of the molecule is C.Cc1ncc(C(C)c2cccc(CCC=O)c2F)[nH]1.O=S1CCCN1Cc1c(Cc2ccc(F)cc2)c(F)cc2[nH]ccc12. The van der Waals surface area contributed by atoms with E-state index in [0.717, 1.165) is 52.8 Å². The van der Waals surface area contributed by atoms with Crippen LogP contribution in [0.15, 0.2) is 67.0 Å². The number of benzene rings is 3. The molecular formula is C35H39F3N4O2S. The van der Waals surface area contributed by atoms with Gasteiger partial charge in [0.15, 0.2) is 0 Å². The predicted molar refractivity (Wildman–Crippen MR) is 174 cm³/mol. The summed E-state index contributed by atoms with van der Waals surface area (Å²) < 4.78 is 56.4. The molecule has 0 amide bonds. The molecule has 2 atom stereocenters. The van der Waals surface area contributed by atoms with Crippen molar-refractivity contribution < 1.29 is 22.2 Å². The van der Waals surface area contributed by atoms with Gasteiger partial charge in [0, 0.05) is 66.6 Å². The lowest BCUT2D eigenvalue weighted by Gasteiger charge is -2.18. The summed E-state index contributed by atoms with van der Waals surface area (Å²) in [7, 11) is -1.01. The molecule has 0 radical (unpaired) electrons. The van der Waals surface area contributed by atoms with Crippen LogP contribution < -0.4 is 0 Å². The molecule has 1 aliphatic heterocycles. The van der Waals surface area contributed by atoms with Gasteiger partial charge in [-0.1, -0.05) is 44.7 Å². The molecule has 10 heteroatoms.